The number of carboxylic acids is 5. The monoisotopic (exact) mass is 753 g/mol. The molecule has 1 saturated heterocycles. The first-order valence-corrected chi connectivity index (χ1v) is 18.3. The Balaban J connectivity index is 2.73. The van der Waals surface area contributed by atoms with E-state index in [2.05, 4.69) is 15.1 Å². The molecule has 1 heterocycles. The molecule has 0 aromatic carbocycles. The first kappa shape index (κ1) is 45.5. The fourth-order valence-corrected chi connectivity index (χ4v) is 6.55. The number of aliphatic carboxylic acids is 5. The summed E-state index contributed by atoms with van der Waals surface area (Å²) in [5, 5.41) is 48.9. The number of Topliss-reactive ketones (excluding diaryl/α,β-unsaturated/α-hetero) is 1. The number of hydrogen-bond acceptors (Lipinski definition) is 13. The van der Waals surface area contributed by atoms with Crippen LogP contribution in [-0.2, 0) is 42.7 Å². The van der Waals surface area contributed by atoms with Crippen molar-refractivity contribution in [2.75, 3.05) is 92.3 Å². The molecular weight excluding hydrogens is 701 g/mol. The Morgan fingerprint density at radius 3 is 1.67 bits per heavy atom. The number of nitrogens with one attached hydrogen (secondary N) is 1. The van der Waals surface area contributed by atoms with Crippen molar-refractivity contribution in [1.82, 2.24) is 24.9 Å². The normalized spacial score (nSPS) is 19.0. The highest BCUT2D eigenvalue weighted by molar-refractivity contribution is 7.52. The lowest BCUT2D eigenvalue weighted by molar-refractivity contribution is -0.145. The summed E-state index contributed by atoms with van der Waals surface area (Å²) in [5.74, 6) is -10.8. The summed E-state index contributed by atoms with van der Waals surface area (Å²) in [6.07, 6.45) is -3.62. The van der Waals surface area contributed by atoms with Crippen LogP contribution in [0.5, 0.6) is 0 Å². The number of ketones is 1. The van der Waals surface area contributed by atoms with Gasteiger partial charge in [0.25, 0.3) is 0 Å². The fraction of sp³-hybridized carbons (Fsp3) is 0.767. The minimum atomic E-state index is -4.56. The number of hydrogen-bond donors (Lipinski definition) is 7. The molecule has 0 spiro atoms. The van der Waals surface area contributed by atoms with Crippen LogP contribution < -0.4 is 5.32 Å². The molecule has 0 aromatic heterocycles. The van der Waals surface area contributed by atoms with Crippen molar-refractivity contribution >= 4 is 49.1 Å². The lowest BCUT2D eigenvalue weighted by Crippen LogP contribution is -2.49. The van der Waals surface area contributed by atoms with Crippen LogP contribution >= 0.6 is 7.60 Å². The predicted molar refractivity (Wildman–Crippen MR) is 178 cm³/mol. The standard InChI is InChI=1S/C30H52N5O15P/c1-32-8-9-33(2)11-13-35(19-27(40)41)15-14-34(12-10-32)18-25(37)31-24(30(46)47)5-4-23(36)17-21(28(42)43)7-16-50-51(48,49)20-22(29(44)45)3-6-26(38)39/h21-22,24H,3-20H2,1-2H3,(H,31,37)(H,38,39)(H,40,41)(H,42,43)(H,44,45)(H,46,47)(H,48,49)/t21?,22?,24-/m1/s1. The maximum Gasteiger partial charge on any atom is 0.328 e. The number of amides is 1. The molecule has 20 nitrogen and oxygen atoms in total. The summed E-state index contributed by atoms with van der Waals surface area (Å²) in [5.41, 5.74) is 0. The summed E-state index contributed by atoms with van der Waals surface area (Å²) in [6, 6.07) is -1.47. The van der Waals surface area contributed by atoms with Crippen molar-refractivity contribution < 1.29 is 73.1 Å². The second kappa shape index (κ2) is 23.1. The van der Waals surface area contributed by atoms with Gasteiger partial charge < -0.3 is 50.1 Å². The van der Waals surface area contributed by atoms with E-state index in [9.17, 15) is 63.4 Å². The van der Waals surface area contributed by atoms with Gasteiger partial charge in [-0.2, -0.15) is 0 Å². The zero-order chi connectivity index (χ0) is 38.7. The molecule has 292 valence electrons. The van der Waals surface area contributed by atoms with Gasteiger partial charge in [-0.15, -0.1) is 0 Å². The Labute approximate surface area is 295 Å². The summed E-state index contributed by atoms with van der Waals surface area (Å²) in [6.45, 7) is 3.40. The van der Waals surface area contributed by atoms with Gasteiger partial charge in [-0.3, -0.25) is 43.1 Å². The third-order valence-corrected chi connectivity index (χ3v) is 9.84. The second-order valence-electron chi connectivity index (χ2n) is 12.7. The summed E-state index contributed by atoms with van der Waals surface area (Å²) in [7, 11) is -0.675. The zero-order valence-corrected chi connectivity index (χ0v) is 29.9. The second-order valence-corrected chi connectivity index (χ2v) is 14.6. The lowest BCUT2D eigenvalue weighted by atomic mass is 9.96. The SMILES string of the molecule is CN1CCN(C)CCN(CC(=O)N[C@H](CCC(=O)CC(CCOP(=O)(O)CC(CCC(=O)O)C(=O)O)C(=O)O)C(=O)O)CCN(CC(=O)O)CC1. The number of carbonyl (C=O) groups excluding carboxylic acids is 2. The van der Waals surface area contributed by atoms with Crippen LogP contribution in [-0.4, -0.2) is 190 Å². The van der Waals surface area contributed by atoms with Gasteiger partial charge in [0.1, 0.15) is 11.8 Å². The highest BCUT2D eigenvalue weighted by Crippen LogP contribution is 2.45. The van der Waals surface area contributed by atoms with Gasteiger partial charge in [-0.1, -0.05) is 0 Å². The molecule has 0 bridgehead atoms. The molecule has 7 N–H and O–H groups in total. The van der Waals surface area contributed by atoms with E-state index >= 15 is 0 Å². The van der Waals surface area contributed by atoms with Crippen LogP contribution in [0.3, 0.4) is 0 Å². The van der Waals surface area contributed by atoms with Crippen LogP contribution in [0, 0.1) is 11.8 Å². The van der Waals surface area contributed by atoms with E-state index in [1.165, 1.54) is 0 Å². The van der Waals surface area contributed by atoms with Gasteiger partial charge in [0.15, 0.2) is 0 Å². The van der Waals surface area contributed by atoms with E-state index in [0.29, 0.717) is 39.3 Å². The highest BCUT2D eigenvalue weighted by atomic mass is 31.2. The molecule has 21 heteroatoms. The van der Waals surface area contributed by atoms with Crippen LogP contribution in [0.2, 0.25) is 0 Å². The molecule has 1 fully saturated rings. The Kier molecular flexibility index (Phi) is 20.6. The number of carbonyl (C=O) groups is 7. The van der Waals surface area contributed by atoms with E-state index in [4.69, 9.17) is 9.63 Å². The van der Waals surface area contributed by atoms with Gasteiger partial charge in [0, 0.05) is 71.6 Å². The van der Waals surface area contributed by atoms with E-state index in [1.807, 2.05) is 14.1 Å². The molecule has 1 aliphatic rings. The first-order valence-electron chi connectivity index (χ1n) is 16.5. The van der Waals surface area contributed by atoms with Crippen LogP contribution in [0.25, 0.3) is 0 Å². The average Bonchev–Trinajstić information content (AvgIpc) is 3.01. The van der Waals surface area contributed by atoms with Crippen molar-refractivity contribution in [3.63, 3.8) is 0 Å². The van der Waals surface area contributed by atoms with E-state index in [0.717, 1.165) is 13.1 Å². The van der Waals surface area contributed by atoms with Crippen molar-refractivity contribution in [3.8, 4) is 0 Å². The van der Waals surface area contributed by atoms with Gasteiger partial charge in [0.05, 0.1) is 37.7 Å². The van der Waals surface area contributed by atoms with Crippen LogP contribution in [0.4, 0.5) is 0 Å². The van der Waals surface area contributed by atoms with Crippen molar-refractivity contribution in [2.24, 2.45) is 11.8 Å². The maximum atomic E-state index is 12.9. The third kappa shape index (κ3) is 20.8. The molecule has 3 unspecified atom stereocenters. The van der Waals surface area contributed by atoms with E-state index in [1.54, 1.807) is 9.80 Å². The summed E-state index contributed by atoms with van der Waals surface area (Å²) < 4.78 is 17.2. The van der Waals surface area contributed by atoms with Gasteiger partial charge in [0.2, 0.25) is 5.91 Å². The number of likely N-dealkylation sites (N-methyl/N-ethyl adjacent to an activating group) is 2. The molecule has 1 amide bonds. The van der Waals surface area contributed by atoms with E-state index < -0.39 is 112 Å². The molecule has 0 radical (unpaired) electrons. The molecule has 4 atom stereocenters. The topological polar surface area (TPSA) is 292 Å². The lowest BCUT2D eigenvalue weighted by Gasteiger charge is -2.31. The summed E-state index contributed by atoms with van der Waals surface area (Å²) >= 11 is 0. The minimum absolute atomic E-state index is 0.176. The van der Waals surface area contributed by atoms with Crippen molar-refractivity contribution in [1.29, 1.82) is 0 Å². The highest BCUT2D eigenvalue weighted by Gasteiger charge is 2.32. The number of nitrogens with zero attached hydrogens (tertiary/aromatic N) is 4. The van der Waals surface area contributed by atoms with Gasteiger partial charge in [-0.05, 0) is 33.4 Å². The maximum absolute atomic E-state index is 12.9. The Morgan fingerprint density at radius 1 is 0.667 bits per heavy atom. The zero-order valence-electron chi connectivity index (χ0n) is 29.1. The van der Waals surface area contributed by atoms with Crippen molar-refractivity contribution in [2.45, 2.75) is 44.6 Å². The van der Waals surface area contributed by atoms with Gasteiger partial charge in [-0.25, -0.2) is 4.79 Å². The number of carboxylic acid groups (broad SMARTS) is 5. The van der Waals surface area contributed by atoms with Gasteiger partial charge >= 0.3 is 37.4 Å². The Hall–Kier alpha value is -3.52. The summed E-state index contributed by atoms with van der Waals surface area (Å²) in [4.78, 5) is 100. The molecule has 0 aromatic rings. The first-order chi connectivity index (χ1) is 23.8. The molecule has 0 saturated carbocycles. The minimum Gasteiger partial charge on any atom is -0.481 e. The molecule has 51 heavy (non-hydrogen) atoms. The predicted octanol–water partition coefficient (Wildman–Crippen LogP) is -1.28. The average molecular weight is 754 g/mol. The smallest absolute Gasteiger partial charge is 0.328 e. The molecule has 0 aliphatic carbocycles. The quantitative estimate of drug-likeness (QED) is 0.0634. The Morgan fingerprint density at radius 2 is 1.18 bits per heavy atom. The van der Waals surface area contributed by atoms with E-state index in [-0.39, 0.29) is 19.5 Å². The largest absolute Gasteiger partial charge is 0.481 e. The molecule has 1 rings (SSSR count). The third-order valence-electron chi connectivity index (χ3n) is 8.35. The Bertz CT molecular complexity index is 1250. The molecular formula is C30H52N5O15P. The molecule has 1 aliphatic heterocycles. The number of rotatable bonds is 22. The van der Waals surface area contributed by atoms with Crippen molar-refractivity contribution in [3.05, 3.63) is 0 Å². The fourth-order valence-electron chi connectivity index (χ4n) is 5.16. The van der Waals surface area contributed by atoms with Crippen LogP contribution in [0.1, 0.15) is 38.5 Å². The van der Waals surface area contributed by atoms with Crippen LogP contribution in [0.15, 0.2) is 0 Å².